The van der Waals surface area contributed by atoms with Crippen molar-refractivity contribution in [3.05, 3.63) is 121 Å². The van der Waals surface area contributed by atoms with E-state index in [1.165, 1.54) is 0 Å². The maximum Gasteiger partial charge on any atom is 0.124 e. The van der Waals surface area contributed by atoms with Crippen molar-refractivity contribution < 1.29 is 10.2 Å². The van der Waals surface area contributed by atoms with Gasteiger partial charge in [-0.25, -0.2) is 0 Å². The van der Waals surface area contributed by atoms with Gasteiger partial charge in [0.15, 0.2) is 0 Å². The Labute approximate surface area is 208 Å². The van der Waals surface area contributed by atoms with Gasteiger partial charge in [0.05, 0.1) is 22.8 Å². The SMILES string of the molecule is Oc1ccc(-c2ccccn2)cc1C=Nc1ccccc1N=Cc1cc(-c2ccccn2)ccc1O. The van der Waals surface area contributed by atoms with E-state index in [0.29, 0.717) is 22.5 Å². The zero-order valence-electron chi connectivity index (χ0n) is 19.2. The molecule has 0 saturated heterocycles. The third-order valence-corrected chi connectivity index (χ3v) is 5.54. The molecule has 3 aromatic carbocycles. The molecule has 0 amide bonds. The number of aliphatic imine (C=N–C) groups is 2. The molecular weight excluding hydrogens is 448 g/mol. The lowest BCUT2D eigenvalue weighted by Crippen LogP contribution is -1.88. The van der Waals surface area contributed by atoms with Gasteiger partial charge in [-0.1, -0.05) is 24.3 Å². The molecule has 0 saturated carbocycles. The largest absolute Gasteiger partial charge is 0.507 e. The van der Waals surface area contributed by atoms with Gasteiger partial charge in [0.2, 0.25) is 0 Å². The van der Waals surface area contributed by atoms with Crippen molar-refractivity contribution in [1.29, 1.82) is 0 Å². The van der Waals surface area contributed by atoms with E-state index in [4.69, 9.17) is 0 Å². The summed E-state index contributed by atoms with van der Waals surface area (Å²) < 4.78 is 0. The van der Waals surface area contributed by atoms with Crippen LogP contribution in [-0.4, -0.2) is 32.6 Å². The van der Waals surface area contributed by atoms with Gasteiger partial charge in [-0.3, -0.25) is 20.0 Å². The number of aromatic nitrogens is 2. The molecule has 2 aromatic heterocycles. The summed E-state index contributed by atoms with van der Waals surface area (Å²) in [6.07, 6.45) is 6.67. The Kier molecular flexibility index (Phi) is 6.58. The van der Waals surface area contributed by atoms with Crippen molar-refractivity contribution in [2.75, 3.05) is 0 Å². The minimum absolute atomic E-state index is 0.121. The number of nitrogens with zero attached hydrogens (tertiary/aromatic N) is 4. The number of benzene rings is 3. The molecule has 0 radical (unpaired) electrons. The molecule has 5 aromatic rings. The number of para-hydroxylation sites is 2. The standard InChI is InChI=1S/C30H22N4O2/c35-29-13-11-21(25-7-3-5-15-31-25)17-23(29)19-33-27-9-1-2-10-28(27)34-20-24-18-22(12-14-30(24)36)26-8-4-6-16-32-26/h1-20,35-36H. The van der Waals surface area contributed by atoms with Crippen LogP contribution in [-0.2, 0) is 0 Å². The number of hydrogen-bond acceptors (Lipinski definition) is 6. The molecular formula is C30H22N4O2. The fourth-order valence-electron chi connectivity index (χ4n) is 3.66. The highest BCUT2D eigenvalue weighted by Gasteiger charge is 2.06. The Balaban J connectivity index is 1.43. The van der Waals surface area contributed by atoms with E-state index >= 15 is 0 Å². The molecule has 0 spiro atoms. The second-order valence-corrected chi connectivity index (χ2v) is 7.98. The number of hydrogen-bond donors (Lipinski definition) is 2. The van der Waals surface area contributed by atoms with Gasteiger partial charge in [0.1, 0.15) is 11.5 Å². The molecule has 0 aliphatic rings. The Morgan fingerprint density at radius 3 is 1.39 bits per heavy atom. The molecule has 6 heteroatoms. The van der Waals surface area contributed by atoms with Crippen LogP contribution in [0.1, 0.15) is 11.1 Å². The lowest BCUT2D eigenvalue weighted by atomic mass is 10.1. The first-order valence-electron chi connectivity index (χ1n) is 11.3. The van der Waals surface area contributed by atoms with E-state index in [2.05, 4.69) is 20.0 Å². The number of aromatic hydroxyl groups is 2. The van der Waals surface area contributed by atoms with Crippen molar-refractivity contribution in [3.8, 4) is 34.0 Å². The summed E-state index contributed by atoms with van der Waals surface area (Å²) in [6.45, 7) is 0. The highest BCUT2D eigenvalue weighted by atomic mass is 16.3. The van der Waals surface area contributed by atoms with Crippen LogP contribution in [0.25, 0.3) is 22.5 Å². The average molecular weight is 471 g/mol. The lowest BCUT2D eigenvalue weighted by molar-refractivity contribution is 0.474. The highest BCUT2D eigenvalue weighted by molar-refractivity contribution is 5.91. The minimum Gasteiger partial charge on any atom is -0.507 e. The molecule has 6 nitrogen and oxygen atoms in total. The van der Waals surface area contributed by atoms with Gasteiger partial charge in [0, 0.05) is 47.1 Å². The summed E-state index contributed by atoms with van der Waals surface area (Å²) in [6, 6.07) is 29.4. The summed E-state index contributed by atoms with van der Waals surface area (Å²) in [4.78, 5) is 17.9. The molecule has 0 atom stereocenters. The second-order valence-electron chi connectivity index (χ2n) is 7.98. The first-order chi connectivity index (χ1) is 17.7. The topological polar surface area (TPSA) is 91.0 Å². The normalized spacial score (nSPS) is 11.3. The Morgan fingerprint density at radius 2 is 0.972 bits per heavy atom. The summed E-state index contributed by atoms with van der Waals surface area (Å²) in [7, 11) is 0. The van der Waals surface area contributed by atoms with Crippen LogP contribution >= 0.6 is 0 Å². The van der Waals surface area contributed by atoms with E-state index in [1.807, 2.05) is 84.9 Å². The van der Waals surface area contributed by atoms with Crippen molar-refractivity contribution >= 4 is 23.8 Å². The van der Waals surface area contributed by atoms with Crippen LogP contribution in [0.2, 0.25) is 0 Å². The lowest BCUT2D eigenvalue weighted by Gasteiger charge is -2.05. The van der Waals surface area contributed by atoms with E-state index in [-0.39, 0.29) is 11.5 Å². The predicted molar refractivity (Wildman–Crippen MR) is 144 cm³/mol. The number of pyridine rings is 2. The molecule has 2 heterocycles. The minimum atomic E-state index is 0.121. The molecule has 2 N–H and O–H groups in total. The molecule has 174 valence electrons. The molecule has 36 heavy (non-hydrogen) atoms. The van der Waals surface area contributed by atoms with Crippen LogP contribution < -0.4 is 0 Å². The smallest absolute Gasteiger partial charge is 0.124 e. The van der Waals surface area contributed by atoms with Crippen LogP contribution in [0.4, 0.5) is 11.4 Å². The molecule has 0 bridgehead atoms. The third-order valence-electron chi connectivity index (χ3n) is 5.54. The zero-order valence-corrected chi connectivity index (χ0v) is 19.2. The molecule has 0 aliphatic carbocycles. The van der Waals surface area contributed by atoms with E-state index < -0.39 is 0 Å². The predicted octanol–water partition coefficient (Wildman–Crippen LogP) is 6.72. The van der Waals surface area contributed by atoms with Crippen molar-refractivity contribution in [1.82, 2.24) is 9.97 Å². The van der Waals surface area contributed by atoms with Crippen LogP contribution in [0.5, 0.6) is 11.5 Å². The Hall–Kier alpha value is -5.10. The summed E-state index contributed by atoms with van der Waals surface area (Å²) in [5.41, 5.74) is 5.76. The van der Waals surface area contributed by atoms with Gasteiger partial charge in [-0.15, -0.1) is 0 Å². The van der Waals surface area contributed by atoms with Crippen molar-refractivity contribution in [2.45, 2.75) is 0 Å². The van der Waals surface area contributed by atoms with E-state index in [1.54, 1.807) is 37.0 Å². The molecule has 5 rings (SSSR count). The average Bonchev–Trinajstić information content (AvgIpc) is 2.93. The van der Waals surface area contributed by atoms with Crippen LogP contribution in [0.15, 0.2) is 119 Å². The van der Waals surface area contributed by atoms with Crippen LogP contribution in [0.3, 0.4) is 0 Å². The number of phenolic OH excluding ortho intramolecular Hbond substituents is 2. The van der Waals surface area contributed by atoms with Crippen molar-refractivity contribution in [2.24, 2.45) is 9.98 Å². The molecule has 0 fully saturated rings. The van der Waals surface area contributed by atoms with E-state index in [9.17, 15) is 10.2 Å². The summed E-state index contributed by atoms with van der Waals surface area (Å²) >= 11 is 0. The van der Waals surface area contributed by atoms with Gasteiger partial charge >= 0.3 is 0 Å². The fraction of sp³-hybridized carbons (Fsp3) is 0. The number of phenols is 2. The van der Waals surface area contributed by atoms with Gasteiger partial charge in [0.25, 0.3) is 0 Å². The maximum atomic E-state index is 10.4. The zero-order chi connectivity index (χ0) is 24.7. The summed E-state index contributed by atoms with van der Waals surface area (Å²) in [5.74, 6) is 0.242. The maximum absolute atomic E-state index is 10.4. The van der Waals surface area contributed by atoms with E-state index in [0.717, 1.165) is 22.5 Å². The Morgan fingerprint density at radius 1 is 0.528 bits per heavy atom. The third kappa shape index (κ3) is 5.18. The fourth-order valence-corrected chi connectivity index (χ4v) is 3.66. The van der Waals surface area contributed by atoms with Crippen molar-refractivity contribution in [3.63, 3.8) is 0 Å². The first-order valence-corrected chi connectivity index (χ1v) is 11.3. The van der Waals surface area contributed by atoms with Crippen LogP contribution in [0, 0.1) is 0 Å². The van der Waals surface area contributed by atoms with Gasteiger partial charge in [-0.2, -0.15) is 0 Å². The van der Waals surface area contributed by atoms with Gasteiger partial charge < -0.3 is 10.2 Å². The molecule has 0 aliphatic heterocycles. The quantitative estimate of drug-likeness (QED) is 0.269. The summed E-state index contributed by atoms with van der Waals surface area (Å²) in [5, 5.41) is 20.7. The van der Waals surface area contributed by atoms with Gasteiger partial charge in [-0.05, 0) is 72.8 Å². The monoisotopic (exact) mass is 470 g/mol. The second kappa shape index (κ2) is 10.4. The number of rotatable bonds is 6. The first kappa shape index (κ1) is 22.7. The Bertz CT molecular complexity index is 1430. The molecule has 0 unspecified atom stereocenters. The highest BCUT2D eigenvalue weighted by Crippen LogP contribution is 2.30.